The Morgan fingerprint density at radius 1 is 1.26 bits per heavy atom. The molecule has 0 aliphatic carbocycles. The van der Waals surface area contributed by atoms with Crippen molar-refractivity contribution in [3.05, 3.63) is 41.6 Å². The quantitative estimate of drug-likeness (QED) is 0.928. The fourth-order valence-corrected chi connectivity index (χ4v) is 1.82. The van der Waals surface area contributed by atoms with Crippen LogP contribution in [0.4, 0.5) is 13.2 Å². The highest BCUT2D eigenvalue weighted by atomic mass is 19.4. The number of alkyl halides is 3. The highest BCUT2D eigenvalue weighted by Gasteiger charge is 2.26. The Morgan fingerprint density at radius 2 is 2.00 bits per heavy atom. The summed E-state index contributed by atoms with van der Waals surface area (Å²) in [7, 11) is 0. The molecule has 1 N–H and O–H groups in total. The molecule has 100 valence electrons. The number of carbonyl (C=O) groups is 1. The second-order valence-electron chi connectivity index (χ2n) is 4.13. The van der Waals surface area contributed by atoms with Gasteiger partial charge in [-0.25, -0.2) is 4.79 Å². The summed E-state index contributed by atoms with van der Waals surface area (Å²) in [4.78, 5) is 15.0. The van der Waals surface area contributed by atoms with Crippen LogP contribution in [0.5, 0.6) is 0 Å². The Bertz CT molecular complexity index is 623. The first-order chi connectivity index (χ1) is 8.87. The lowest BCUT2D eigenvalue weighted by atomic mass is 10.0. The van der Waals surface area contributed by atoms with Crippen LogP contribution in [0.2, 0.25) is 0 Å². The maximum Gasteiger partial charge on any atom is 0.389 e. The second kappa shape index (κ2) is 4.87. The van der Waals surface area contributed by atoms with E-state index in [0.717, 1.165) is 0 Å². The molecule has 0 amide bonds. The molecule has 2 aromatic rings. The number of hydrogen-bond acceptors (Lipinski definition) is 2. The molecule has 0 spiro atoms. The van der Waals surface area contributed by atoms with Crippen LogP contribution >= 0.6 is 0 Å². The molecule has 0 saturated carbocycles. The lowest BCUT2D eigenvalue weighted by Crippen LogP contribution is -2.08. The summed E-state index contributed by atoms with van der Waals surface area (Å²) in [5, 5.41) is 9.38. The first-order valence-corrected chi connectivity index (χ1v) is 5.54. The van der Waals surface area contributed by atoms with Crippen molar-refractivity contribution in [1.29, 1.82) is 0 Å². The number of halogens is 3. The second-order valence-corrected chi connectivity index (χ2v) is 4.13. The number of aryl methyl sites for hydroxylation is 1. The van der Waals surface area contributed by atoms with Crippen molar-refractivity contribution >= 4 is 16.9 Å². The average Bonchev–Trinajstić information content (AvgIpc) is 2.34. The van der Waals surface area contributed by atoms with Gasteiger partial charge >= 0.3 is 12.1 Å². The minimum atomic E-state index is -4.22. The third-order valence-electron chi connectivity index (χ3n) is 2.73. The van der Waals surface area contributed by atoms with Crippen molar-refractivity contribution in [3.63, 3.8) is 0 Å². The average molecular weight is 269 g/mol. The van der Waals surface area contributed by atoms with Crippen LogP contribution in [-0.2, 0) is 6.42 Å². The smallest absolute Gasteiger partial charge is 0.389 e. The van der Waals surface area contributed by atoms with Crippen molar-refractivity contribution in [2.24, 2.45) is 0 Å². The number of carboxylic acids is 1. The van der Waals surface area contributed by atoms with Crippen LogP contribution < -0.4 is 0 Å². The van der Waals surface area contributed by atoms with Gasteiger partial charge in [0.2, 0.25) is 0 Å². The molecule has 0 fully saturated rings. The third kappa shape index (κ3) is 3.21. The van der Waals surface area contributed by atoms with Gasteiger partial charge in [-0.1, -0.05) is 6.07 Å². The van der Waals surface area contributed by atoms with E-state index in [4.69, 9.17) is 5.11 Å². The van der Waals surface area contributed by atoms with Gasteiger partial charge in [-0.05, 0) is 30.2 Å². The molecule has 0 saturated heterocycles. The zero-order chi connectivity index (χ0) is 14.0. The van der Waals surface area contributed by atoms with Gasteiger partial charge in [0.25, 0.3) is 0 Å². The monoisotopic (exact) mass is 269 g/mol. The predicted molar refractivity (Wildman–Crippen MR) is 63.1 cm³/mol. The molecule has 19 heavy (non-hydrogen) atoms. The molecule has 0 aliphatic heterocycles. The molecule has 3 nitrogen and oxygen atoms in total. The van der Waals surface area contributed by atoms with E-state index in [0.29, 0.717) is 16.5 Å². The van der Waals surface area contributed by atoms with Crippen LogP contribution in [0.15, 0.2) is 30.5 Å². The normalized spacial score (nSPS) is 11.7. The van der Waals surface area contributed by atoms with Gasteiger partial charge in [-0.15, -0.1) is 0 Å². The molecule has 1 heterocycles. The largest absolute Gasteiger partial charge is 0.478 e. The first kappa shape index (κ1) is 13.3. The Hall–Kier alpha value is -2.11. The minimum absolute atomic E-state index is 0.0406. The van der Waals surface area contributed by atoms with Crippen LogP contribution in [0, 0.1) is 0 Å². The lowest BCUT2D eigenvalue weighted by Gasteiger charge is -2.08. The molecule has 0 aliphatic rings. The van der Waals surface area contributed by atoms with Crippen molar-refractivity contribution in [1.82, 2.24) is 4.98 Å². The van der Waals surface area contributed by atoms with E-state index in [1.807, 2.05) is 0 Å². The van der Waals surface area contributed by atoms with Crippen LogP contribution in [0.25, 0.3) is 10.9 Å². The van der Waals surface area contributed by atoms with Crippen molar-refractivity contribution in [2.75, 3.05) is 0 Å². The summed E-state index contributed by atoms with van der Waals surface area (Å²) in [6.07, 6.45) is -3.96. The SMILES string of the molecule is O=C(O)c1ccnc2ccc(CCC(F)(F)F)cc12. The number of carboxylic acid groups (broad SMARTS) is 1. The van der Waals surface area contributed by atoms with Crippen LogP contribution in [0.3, 0.4) is 0 Å². The van der Waals surface area contributed by atoms with Crippen molar-refractivity contribution in [3.8, 4) is 0 Å². The Kier molecular flexibility index (Phi) is 3.42. The summed E-state index contributed by atoms with van der Waals surface area (Å²) in [6, 6.07) is 5.86. The third-order valence-corrected chi connectivity index (χ3v) is 2.73. The highest BCUT2D eigenvalue weighted by Crippen LogP contribution is 2.24. The van der Waals surface area contributed by atoms with Gasteiger partial charge in [0, 0.05) is 18.0 Å². The van der Waals surface area contributed by atoms with Gasteiger partial charge in [0.1, 0.15) is 0 Å². The number of hydrogen-bond donors (Lipinski definition) is 1. The predicted octanol–water partition coefficient (Wildman–Crippen LogP) is 3.43. The Balaban J connectivity index is 2.38. The van der Waals surface area contributed by atoms with E-state index in [1.54, 1.807) is 0 Å². The van der Waals surface area contributed by atoms with E-state index in [-0.39, 0.29) is 12.0 Å². The zero-order valence-electron chi connectivity index (χ0n) is 9.74. The van der Waals surface area contributed by atoms with E-state index < -0.39 is 18.6 Å². The van der Waals surface area contributed by atoms with E-state index in [9.17, 15) is 18.0 Å². The van der Waals surface area contributed by atoms with E-state index in [2.05, 4.69) is 4.98 Å². The lowest BCUT2D eigenvalue weighted by molar-refractivity contribution is -0.133. The minimum Gasteiger partial charge on any atom is -0.478 e. The molecular weight excluding hydrogens is 259 g/mol. The summed E-state index contributed by atoms with van der Waals surface area (Å²) >= 11 is 0. The van der Waals surface area contributed by atoms with E-state index in [1.165, 1.54) is 30.5 Å². The number of nitrogens with zero attached hydrogens (tertiary/aromatic N) is 1. The zero-order valence-corrected chi connectivity index (χ0v) is 9.74. The first-order valence-electron chi connectivity index (χ1n) is 5.54. The molecule has 0 radical (unpaired) electrons. The molecule has 2 rings (SSSR count). The molecule has 1 aromatic carbocycles. The standard InChI is InChI=1S/C13H10F3NO2/c14-13(15,16)5-3-8-1-2-11-10(7-8)9(12(18)19)4-6-17-11/h1-2,4,6-7H,3,5H2,(H,18,19). The molecule has 1 aromatic heterocycles. The van der Waals surface area contributed by atoms with Crippen molar-refractivity contribution in [2.45, 2.75) is 19.0 Å². The number of aromatic carboxylic acids is 1. The fourth-order valence-electron chi connectivity index (χ4n) is 1.82. The van der Waals surface area contributed by atoms with Gasteiger partial charge in [0.15, 0.2) is 0 Å². The molecule has 0 unspecified atom stereocenters. The highest BCUT2D eigenvalue weighted by molar-refractivity contribution is 6.02. The van der Waals surface area contributed by atoms with Crippen molar-refractivity contribution < 1.29 is 23.1 Å². The summed E-state index contributed by atoms with van der Waals surface area (Å²) in [5.41, 5.74) is 0.940. The van der Waals surface area contributed by atoms with Gasteiger partial charge < -0.3 is 5.11 Å². The number of rotatable bonds is 3. The summed E-state index contributed by atoms with van der Waals surface area (Å²) in [6.45, 7) is 0. The number of benzene rings is 1. The summed E-state index contributed by atoms with van der Waals surface area (Å²) < 4.78 is 36.5. The molecular formula is C13H10F3NO2. The van der Waals surface area contributed by atoms with Gasteiger partial charge in [0.05, 0.1) is 11.1 Å². The molecule has 0 bridgehead atoms. The van der Waals surface area contributed by atoms with Gasteiger partial charge in [-0.3, -0.25) is 4.98 Å². The summed E-state index contributed by atoms with van der Waals surface area (Å²) in [5.74, 6) is -1.12. The Morgan fingerprint density at radius 3 is 2.63 bits per heavy atom. The fraction of sp³-hybridized carbons (Fsp3) is 0.231. The van der Waals surface area contributed by atoms with Gasteiger partial charge in [-0.2, -0.15) is 13.2 Å². The number of aromatic nitrogens is 1. The molecule has 0 atom stereocenters. The number of fused-ring (bicyclic) bond motifs is 1. The topological polar surface area (TPSA) is 50.2 Å². The maximum atomic E-state index is 12.2. The van der Waals surface area contributed by atoms with Crippen LogP contribution in [-0.4, -0.2) is 22.2 Å². The Labute approximate surface area is 106 Å². The number of pyridine rings is 1. The maximum absolute atomic E-state index is 12.2. The molecule has 6 heteroatoms. The van der Waals surface area contributed by atoms with E-state index >= 15 is 0 Å². The van der Waals surface area contributed by atoms with Crippen LogP contribution in [0.1, 0.15) is 22.3 Å².